The lowest BCUT2D eigenvalue weighted by Crippen LogP contribution is -2.52. The number of piperidine rings is 2. The number of carbonyl (C=O) groups excluding carboxylic acids is 1. The summed E-state index contributed by atoms with van der Waals surface area (Å²) in [4.78, 5) is 12.7. The van der Waals surface area contributed by atoms with Crippen molar-refractivity contribution in [2.45, 2.75) is 71.8 Å². The highest BCUT2D eigenvalue weighted by atomic mass is 32.2. The third-order valence-corrected chi connectivity index (χ3v) is 9.29. The average molecular weight is 400 g/mol. The van der Waals surface area contributed by atoms with E-state index in [0.29, 0.717) is 56.8 Å². The van der Waals surface area contributed by atoms with Crippen LogP contribution in [-0.4, -0.2) is 55.2 Å². The van der Waals surface area contributed by atoms with Gasteiger partial charge in [0.25, 0.3) is 10.2 Å². The summed E-state index contributed by atoms with van der Waals surface area (Å²) in [6.45, 7) is 8.87. The van der Waals surface area contributed by atoms with Crippen molar-refractivity contribution < 1.29 is 13.2 Å². The molecular formula is C20H37N3O3S. The van der Waals surface area contributed by atoms with Gasteiger partial charge in [0, 0.05) is 38.1 Å². The molecule has 3 aliphatic rings. The summed E-state index contributed by atoms with van der Waals surface area (Å²) in [6, 6.07) is 0.276. The molecule has 0 radical (unpaired) electrons. The van der Waals surface area contributed by atoms with E-state index in [9.17, 15) is 13.2 Å². The van der Waals surface area contributed by atoms with Crippen LogP contribution in [0.4, 0.5) is 0 Å². The molecule has 156 valence electrons. The minimum absolute atomic E-state index is 0.0535. The minimum atomic E-state index is -3.37. The Morgan fingerprint density at radius 3 is 2.00 bits per heavy atom. The van der Waals surface area contributed by atoms with E-state index in [4.69, 9.17) is 0 Å². The molecular weight excluding hydrogens is 362 g/mol. The van der Waals surface area contributed by atoms with Crippen LogP contribution in [-0.2, 0) is 15.0 Å². The quantitative estimate of drug-likeness (QED) is 0.790. The fourth-order valence-electron chi connectivity index (χ4n) is 4.81. The van der Waals surface area contributed by atoms with E-state index in [1.165, 1.54) is 12.8 Å². The van der Waals surface area contributed by atoms with E-state index < -0.39 is 10.2 Å². The van der Waals surface area contributed by atoms with Crippen LogP contribution in [0.1, 0.15) is 65.7 Å². The number of nitrogens with one attached hydrogen (secondary N) is 1. The van der Waals surface area contributed by atoms with Crippen molar-refractivity contribution in [3.8, 4) is 0 Å². The van der Waals surface area contributed by atoms with Crippen molar-refractivity contribution >= 4 is 16.1 Å². The second kappa shape index (κ2) is 8.78. The summed E-state index contributed by atoms with van der Waals surface area (Å²) >= 11 is 0. The van der Waals surface area contributed by atoms with Gasteiger partial charge >= 0.3 is 0 Å². The van der Waals surface area contributed by atoms with Gasteiger partial charge in [0.2, 0.25) is 5.91 Å². The van der Waals surface area contributed by atoms with Crippen molar-refractivity contribution in [3.05, 3.63) is 0 Å². The average Bonchev–Trinajstić information content (AvgIpc) is 2.66. The van der Waals surface area contributed by atoms with Gasteiger partial charge in [-0.2, -0.15) is 17.0 Å². The summed E-state index contributed by atoms with van der Waals surface area (Å²) in [5.41, 5.74) is 0. The monoisotopic (exact) mass is 399 g/mol. The van der Waals surface area contributed by atoms with E-state index >= 15 is 0 Å². The highest BCUT2D eigenvalue weighted by Gasteiger charge is 2.37. The number of hydrogen-bond acceptors (Lipinski definition) is 3. The Bertz CT molecular complexity index is 608. The van der Waals surface area contributed by atoms with Gasteiger partial charge in [0.1, 0.15) is 0 Å². The van der Waals surface area contributed by atoms with Crippen LogP contribution in [0.3, 0.4) is 0 Å². The van der Waals surface area contributed by atoms with E-state index in [-0.39, 0.29) is 17.9 Å². The van der Waals surface area contributed by atoms with Gasteiger partial charge in [-0.05, 0) is 49.9 Å². The maximum atomic E-state index is 12.9. The molecule has 7 heteroatoms. The molecule has 0 aromatic carbocycles. The Hall–Kier alpha value is -0.660. The lowest BCUT2D eigenvalue weighted by molar-refractivity contribution is -0.127. The zero-order valence-corrected chi connectivity index (χ0v) is 18.0. The standard InChI is InChI=1S/C20H37N3O3S/c1-15-7-11-22(12-8-15)27(25,26)23-13-9-18(10-14-23)20(24)21-19-6-4-5-16(2)17(19)3/h15-19H,4-14H2,1-3H3,(H,21,24). The zero-order chi connectivity index (χ0) is 19.6. The summed E-state index contributed by atoms with van der Waals surface area (Å²) in [7, 11) is -3.37. The predicted octanol–water partition coefficient (Wildman–Crippen LogP) is 2.62. The molecule has 3 fully saturated rings. The molecule has 0 aromatic heterocycles. The molecule has 0 aromatic rings. The largest absolute Gasteiger partial charge is 0.353 e. The normalized spacial score (nSPS) is 33.1. The molecule has 1 aliphatic carbocycles. The van der Waals surface area contributed by atoms with E-state index in [2.05, 4.69) is 26.1 Å². The lowest BCUT2D eigenvalue weighted by Gasteiger charge is -2.38. The SMILES string of the molecule is CC1CCN(S(=O)(=O)N2CCC(C(=O)NC3CCCC(C)C3C)CC2)CC1. The first-order chi connectivity index (χ1) is 12.8. The molecule has 1 amide bonds. The summed E-state index contributed by atoms with van der Waals surface area (Å²) in [5, 5.41) is 3.27. The Balaban J connectivity index is 1.50. The highest BCUT2D eigenvalue weighted by Crippen LogP contribution is 2.30. The van der Waals surface area contributed by atoms with Gasteiger partial charge in [-0.25, -0.2) is 0 Å². The molecule has 0 bridgehead atoms. The van der Waals surface area contributed by atoms with Crippen LogP contribution < -0.4 is 5.32 Å². The van der Waals surface area contributed by atoms with E-state index in [1.54, 1.807) is 8.61 Å². The Morgan fingerprint density at radius 1 is 0.852 bits per heavy atom. The molecule has 2 saturated heterocycles. The van der Waals surface area contributed by atoms with Crippen LogP contribution in [0.5, 0.6) is 0 Å². The highest BCUT2D eigenvalue weighted by molar-refractivity contribution is 7.86. The van der Waals surface area contributed by atoms with Gasteiger partial charge < -0.3 is 5.32 Å². The first-order valence-corrected chi connectivity index (χ1v) is 12.2. The maximum absolute atomic E-state index is 12.9. The van der Waals surface area contributed by atoms with Crippen molar-refractivity contribution in [3.63, 3.8) is 0 Å². The fraction of sp³-hybridized carbons (Fsp3) is 0.950. The number of rotatable bonds is 4. The number of nitrogens with zero attached hydrogens (tertiary/aromatic N) is 2. The number of carbonyl (C=O) groups is 1. The molecule has 3 rings (SSSR count). The van der Waals surface area contributed by atoms with Gasteiger partial charge in [0.15, 0.2) is 0 Å². The molecule has 2 heterocycles. The zero-order valence-electron chi connectivity index (χ0n) is 17.2. The molecule has 6 nitrogen and oxygen atoms in total. The molecule has 3 unspecified atom stereocenters. The van der Waals surface area contributed by atoms with Crippen LogP contribution in [0, 0.1) is 23.7 Å². The Kier molecular flexibility index (Phi) is 6.85. The van der Waals surface area contributed by atoms with Crippen LogP contribution in [0.15, 0.2) is 0 Å². The van der Waals surface area contributed by atoms with Gasteiger partial charge in [-0.1, -0.05) is 33.6 Å². The molecule has 2 aliphatic heterocycles. The molecule has 1 N–H and O–H groups in total. The van der Waals surface area contributed by atoms with E-state index in [0.717, 1.165) is 19.3 Å². The third-order valence-electron chi connectivity index (χ3n) is 7.25. The summed E-state index contributed by atoms with van der Waals surface area (Å²) in [6.07, 6.45) is 6.64. The minimum Gasteiger partial charge on any atom is -0.353 e. The first kappa shape index (κ1) is 21.1. The first-order valence-electron chi connectivity index (χ1n) is 10.8. The molecule has 3 atom stereocenters. The second-order valence-electron chi connectivity index (χ2n) is 9.15. The van der Waals surface area contributed by atoms with Crippen molar-refractivity contribution in [1.82, 2.24) is 13.9 Å². The van der Waals surface area contributed by atoms with Crippen LogP contribution in [0.25, 0.3) is 0 Å². The number of amides is 1. The Labute approximate surface area is 165 Å². The van der Waals surface area contributed by atoms with Gasteiger partial charge in [0.05, 0.1) is 0 Å². The van der Waals surface area contributed by atoms with E-state index in [1.807, 2.05) is 0 Å². The fourth-order valence-corrected chi connectivity index (χ4v) is 6.49. The van der Waals surface area contributed by atoms with Crippen molar-refractivity contribution in [2.24, 2.45) is 23.7 Å². The topological polar surface area (TPSA) is 69.7 Å². The maximum Gasteiger partial charge on any atom is 0.281 e. The predicted molar refractivity (Wildman–Crippen MR) is 107 cm³/mol. The third kappa shape index (κ3) is 4.85. The van der Waals surface area contributed by atoms with Crippen molar-refractivity contribution in [1.29, 1.82) is 0 Å². The summed E-state index contributed by atoms with van der Waals surface area (Å²) in [5.74, 6) is 1.86. The smallest absolute Gasteiger partial charge is 0.281 e. The summed E-state index contributed by atoms with van der Waals surface area (Å²) < 4.78 is 29.0. The molecule has 0 spiro atoms. The second-order valence-corrected chi connectivity index (χ2v) is 11.1. The Morgan fingerprint density at radius 2 is 1.41 bits per heavy atom. The van der Waals surface area contributed by atoms with Crippen LogP contribution in [0.2, 0.25) is 0 Å². The lowest BCUT2D eigenvalue weighted by atomic mass is 9.78. The molecule has 27 heavy (non-hydrogen) atoms. The number of hydrogen-bond donors (Lipinski definition) is 1. The van der Waals surface area contributed by atoms with Gasteiger partial charge in [-0.3, -0.25) is 4.79 Å². The van der Waals surface area contributed by atoms with Gasteiger partial charge in [-0.15, -0.1) is 0 Å². The van der Waals surface area contributed by atoms with Crippen molar-refractivity contribution in [2.75, 3.05) is 26.2 Å². The molecule has 1 saturated carbocycles. The van der Waals surface area contributed by atoms with Crippen LogP contribution >= 0.6 is 0 Å².